The van der Waals surface area contributed by atoms with Gasteiger partial charge >= 0.3 is 0 Å². The van der Waals surface area contributed by atoms with Crippen LogP contribution >= 0.6 is 15.9 Å². The van der Waals surface area contributed by atoms with Crippen LogP contribution < -0.4 is 9.62 Å². The second kappa shape index (κ2) is 15.4. The second-order valence-electron chi connectivity index (χ2n) is 11.6. The zero-order chi connectivity index (χ0) is 32.6. The molecule has 4 rings (SSSR count). The minimum Gasteiger partial charge on any atom is -0.352 e. The molecule has 0 fully saturated rings. The molecule has 0 saturated heterocycles. The molecule has 0 aliphatic carbocycles. The fourth-order valence-corrected chi connectivity index (χ4v) is 6.92. The Morgan fingerprint density at radius 1 is 0.778 bits per heavy atom. The molecule has 45 heavy (non-hydrogen) atoms. The summed E-state index contributed by atoms with van der Waals surface area (Å²) in [6, 6.07) is 31.3. The molecule has 0 heterocycles. The minimum atomic E-state index is -4.14. The van der Waals surface area contributed by atoms with Crippen LogP contribution in [0.15, 0.2) is 119 Å². The van der Waals surface area contributed by atoms with Crippen LogP contribution in [0, 0.1) is 0 Å². The molecule has 4 aromatic carbocycles. The molecule has 7 nitrogen and oxygen atoms in total. The highest BCUT2D eigenvalue weighted by Gasteiger charge is 2.34. The van der Waals surface area contributed by atoms with Gasteiger partial charge in [0.15, 0.2) is 0 Å². The Hall–Kier alpha value is -3.95. The average molecular weight is 691 g/mol. The van der Waals surface area contributed by atoms with Gasteiger partial charge in [-0.05, 0) is 72.9 Å². The van der Waals surface area contributed by atoms with Gasteiger partial charge in [-0.2, -0.15) is 0 Å². The number of hydrogen-bond acceptors (Lipinski definition) is 4. The molecule has 1 N–H and O–H groups in total. The van der Waals surface area contributed by atoms with Crippen molar-refractivity contribution in [2.75, 3.05) is 10.8 Å². The van der Waals surface area contributed by atoms with Crippen LogP contribution in [0.25, 0.3) is 0 Å². The number of rotatable bonds is 13. The van der Waals surface area contributed by atoms with Gasteiger partial charge in [-0.1, -0.05) is 103 Å². The van der Waals surface area contributed by atoms with Gasteiger partial charge in [-0.15, -0.1) is 0 Å². The monoisotopic (exact) mass is 689 g/mol. The Labute approximate surface area is 275 Å². The lowest BCUT2D eigenvalue weighted by molar-refractivity contribution is -0.140. The van der Waals surface area contributed by atoms with Crippen LogP contribution in [0.2, 0.25) is 0 Å². The molecular weight excluding hydrogens is 650 g/mol. The van der Waals surface area contributed by atoms with E-state index in [9.17, 15) is 18.0 Å². The van der Waals surface area contributed by atoms with Crippen molar-refractivity contribution in [1.82, 2.24) is 10.2 Å². The number of carbonyl (C=O) groups excluding carboxylic acids is 2. The van der Waals surface area contributed by atoms with E-state index in [0.717, 1.165) is 25.5 Å². The van der Waals surface area contributed by atoms with Gasteiger partial charge < -0.3 is 10.2 Å². The first-order chi connectivity index (χ1) is 21.5. The number of amides is 2. The number of nitrogens with zero attached hydrogens (tertiary/aromatic N) is 2. The zero-order valence-electron chi connectivity index (χ0n) is 26.1. The molecule has 4 aromatic rings. The first-order valence-electron chi connectivity index (χ1n) is 15.0. The summed E-state index contributed by atoms with van der Waals surface area (Å²) in [7, 11) is -4.14. The normalized spacial score (nSPS) is 12.2. The highest BCUT2D eigenvalue weighted by Crippen LogP contribution is 2.27. The van der Waals surface area contributed by atoms with Crippen molar-refractivity contribution >= 4 is 43.5 Å². The van der Waals surface area contributed by atoms with E-state index in [4.69, 9.17) is 0 Å². The number of sulfonamides is 1. The molecule has 0 radical (unpaired) electrons. The lowest BCUT2D eigenvalue weighted by Crippen LogP contribution is -2.54. The fourth-order valence-electron chi connectivity index (χ4n) is 5.04. The Bertz CT molecular complexity index is 1680. The van der Waals surface area contributed by atoms with E-state index in [1.165, 1.54) is 17.0 Å². The molecule has 0 spiro atoms. The van der Waals surface area contributed by atoms with Crippen molar-refractivity contribution in [3.05, 3.63) is 130 Å². The van der Waals surface area contributed by atoms with Gasteiger partial charge in [0, 0.05) is 23.5 Å². The number of hydrogen-bond donors (Lipinski definition) is 1. The van der Waals surface area contributed by atoms with Crippen molar-refractivity contribution in [2.45, 2.75) is 63.6 Å². The van der Waals surface area contributed by atoms with Gasteiger partial charge in [-0.25, -0.2) is 8.42 Å². The van der Waals surface area contributed by atoms with Gasteiger partial charge in [0.2, 0.25) is 11.8 Å². The first kappa shape index (κ1) is 33.9. The molecule has 0 aliphatic heterocycles. The molecule has 0 unspecified atom stereocenters. The Morgan fingerprint density at radius 3 is 1.96 bits per heavy atom. The number of anilines is 1. The standard InChI is InChI=1S/C36H40BrN3O4S/c1-26(2)30-18-20-32(21-19-30)40(45(43,44)33-16-9-6-10-17-33)25-35(41)39(24-29-14-11-15-31(37)22-29)34(36(42)38-27(3)4)23-28-12-7-5-8-13-28/h5-22,26-27,34H,23-25H2,1-4H3,(H,38,42)/t34-/m0/s1. The molecule has 2 amide bonds. The van der Waals surface area contributed by atoms with Crippen LogP contribution in [0.1, 0.15) is 50.3 Å². The van der Waals surface area contributed by atoms with E-state index in [2.05, 4.69) is 35.1 Å². The molecule has 1 atom stereocenters. The third-order valence-electron chi connectivity index (χ3n) is 7.40. The van der Waals surface area contributed by atoms with Crippen LogP contribution in [0.4, 0.5) is 5.69 Å². The maximum atomic E-state index is 14.5. The Morgan fingerprint density at radius 2 is 1.38 bits per heavy atom. The summed E-state index contributed by atoms with van der Waals surface area (Å²) >= 11 is 3.51. The maximum absolute atomic E-state index is 14.5. The lowest BCUT2D eigenvalue weighted by Gasteiger charge is -2.34. The summed E-state index contributed by atoms with van der Waals surface area (Å²) in [4.78, 5) is 29.9. The quantitative estimate of drug-likeness (QED) is 0.165. The molecular formula is C36H40BrN3O4S. The molecule has 236 valence electrons. The SMILES string of the molecule is CC(C)NC(=O)[C@H](Cc1ccccc1)N(Cc1cccc(Br)c1)C(=O)CN(c1ccc(C(C)C)cc1)S(=O)(=O)c1ccccc1. The predicted molar refractivity (Wildman–Crippen MR) is 183 cm³/mol. The van der Waals surface area contributed by atoms with E-state index < -0.39 is 28.5 Å². The number of nitrogens with one attached hydrogen (secondary N) is 1. The minimum absolute atomic E-state index is 0.0719. The predicted octanol–water partition coefficient (Wildman–Crippen LogP) is 6.93. The number of halogens is 1. The van der Waals surface area contributed by atoms with E-state index in [1.807, 2.05) is 80.6 Å². The highest BCUT2D eigenvalue weighted by atomic mass is 79.9. The topological polar surface area (TPSA) is 86.8 Å². The van der Waals surface area contributed by atoms with Crippen molar-refractivity contribution < 1.29 is 18.0 Å². The maximum Gasteiger partial charge on any atom is 0.264 e. The third-order valence-corrected chi connectivity index (χ3v) is 9.68. The average Bonchev–Trinajstić information content (AvgIpc) is 3.02. The smallest absolute Gasteiger partial charge is 0.264 e. The van der Waals surface area contributed by atoms with Gasteiger partial charge in [0.25, 0.3) is 10.0 Å². The van der Waals surface area contributed by atoms with Crippen molar-refractivity contribution in [3.8, 4) is 0 Å². The van der Waals surface area contributed by atoms with Crippen LogP contribution in [0.5, 0.6) is 0 Å². The summed E-state index contributed by atoms with van der Waals surface area (Å²) < 4.78 is 30.2. The fraction of sp³-hybridized carbons (Fsp3) is 0.278. The molecule has 0 saturated carbocycles. The van der Waals surface area contributed by atoms with Crippen LogP contribution in [-0.4, -0.2) is 43.8 Å². The van der Waals surface area contributed by atoms with Crippen LogP contribution in [0.3, 0.4) is 0 Å². The zero-order valence-corrected chi connectivity index (χ0v) is 28.5. The van der Waals surface area contributed by atoms with E-state index >= 15 is 0 Å². The summed E-state index contributed by atoms with van der Waals surface area (Å²) in [6.07, 6.45) is 0.258. The van der Waals surface area contributed by atoms with Crippen molar-refractivity contribution in [1.29, 1.82) is 0 Å². The van der Waals surface area contributed by atoms with E-state index in [1.54, 1.807) is 30.3 Å². The molecule has 0 aliphatic rings. The number of benzene rings is 4. The molecule has 0 aromatic heterocycles. The summed E-state index contributed by atoms with van der Waals surface area (Å²) in [5.74, 6) is -0.558. The first-order valence-corrected chi connectivity index (χ1v) is 17.2. The molecule has 0 bridgehead atoms. The summed E-state index contributed by atoms with van der Waals surface area (Å²) in [5, 5.41) is 2.98. The summed E-state index contributed by atoms with van der Waals surface area (Å²) in [5.41, 5.74) is 3.09. The van der Waals surface area contributed by atoms with E-state index in [-0.39, 0.29) is 35.7 Å². The van der Waals surface area contributed by atoms with E-state index in [0.29, 0.717) is 5.69 Å². The second-order valence-corrected chi connectivity index (χ2v) is 14.4. The lowest BCUT2D eigenvalue weighted by atomic mass is 10.0. The van der Waals surface area contributed by atoms with Gasteiger partial charge in [0.1, 0.15) is 12.6 Å². The highest BCUT2D eigenvalue weighted by molar-refractivity contribution is 9.10. The Balaban J connectivity index is 1.81. The van der Waals surface area contributed by atoms with Crippen molar-refractivity contribution in [2.24, 2.45) is 0 Å². The number of carbonyl (C=O) groups is 2. The summed E-state index contributed by atoms with van der Waals surface area (Å²) in [6.45, 7) is 7.47. The molecule has 9 heteroatoms. The van der Waals surface area contributed by atoms with Crippen molar-refractivity contribution in [3.63, 3.8) is 0 Å². The van der Waals surface area contributed by atoms with Gasteiger partial charge in [-0.3, -0.25) is 13.9 Å². The van der Waals surface area contributed by atoms with Gasteiger partial charge in [0.05, 0.1) is 10.6 Å². The Kier molecular flexibility index (Phi) is 11.6. The largest absolute Gasteiger partial charge is 0.352 e. The van der Waals surface area contributed by atoms with Crippen LogP contribution in [-0.2, 0) is 32.6 Å². The third kappa shape index (κ3) is 9.05.